The van der Waals surface area contributed by atoms with Crippen LogP contribution in [0.25, 0.3) is 0 Å². The second-order valence-electron chi connectivity index (χ2n) is 5.96. The number of aromatic nitrogens is 2. The third kappa shape index (κ3) is 5.92. The second-order valence-corrected chi connectivity index (χ2v) is 6.88. The number of benzene rings is 1. The third-order valence-corrected chi connectivity index (χ3v) is 4.59. The number of carbonyl (C=O) groups is 2. The first-order valence-corrected chi connectivity index (χ1v) is 9.03. The zero-order chi connectivity index (χ0) is 20.0. The first-order valence-electron chi connectivity index (χ1n) is 8.24. The van der Waals surface area contributed by atoms with Gasteiger partial charge < -0.3 is 15.0 Å². The minimum Gasteiger partial charge on any atom is -0.469 e. The molecule has 1 aromatic heterocycles. The number of ether oxygens (including phenoxy) is 1. The SMILES string of the molecule is COC(=O)C[C@H](NC(=O)CCc1c(C)[nH]c(=O)[nH]c1=O)c1ccc(Br)cc1. The molecule has 0 saturated carbocycles. The van der Waals surface area contributed by atoms with Crippen LogP contribution in [0.3, 0.4) is 0 Å². The summed E-state index contributed by atoms with van der Waals surface area (Å²) in [4.78, 5) is 51.8. The van der Waals surface area contributed by atoms with Crippen molar-refractivity contribution in [3.63, 3.8) is 0 Å². The number of methoxy groups -OCH3 is 1. The molecule has 2 aromatic rings. The lowest BCUT2D eigenvalue weighted by atomic mass is 10.0. The molecule has 8 nitrogen and oxygen atoms in total. The summed E-state index contributed by atoms with van der Waals surface area (Å²) in [6, 6.07) is 6.68. The van der Waals surface area contributed by atoms with Crippen molar-refractivity contribution in [2.45, 2.75) is 32.2 Å². The van der Waals surface area contributed by atoms with E-state index >= 15 is 0 Å². The van der Waals surface area contributed by atoms with Gasteiger partial charge in [0.05, 0.1) is 19.6 Å². The predicted molar refractivity (Wildman–Crippen MR) is 102 cm³/mol. The van der Waals surface area contributed by atoms with Gasteiger partial charge in [-0.3, -0.25) is 19.4 Å². The van der Waals surface area contributed by atoms with E-state index < -0.39 is 23.3 Å². The number of aryl methyl sites for hydroxylation is 1. The van der Waals surface area contributed by atoms with Crippen LogP contribution in [0, 0.1) is 6.92 Å². The lowest BCUT2D eigenvalue weighted by Crippen LogP contribution is -2.32. The number of H-pyrrole nitrogens is 2. The van der Waals surface area contributed by atoms with Gasteiger partial charge in [0.2, 0.25) is 5.91 Å². The number of esters is 1. The monoisotopic (exact) mass is 437 g/mol. The van der Waals surface area contributed by atoms with Crippen molar-refractivity contribution in [1.82, 2.24) is 15.3 Å². The van der Waals surface area contributed by atoms with Gasteiger partial charge in [-0.2, -0.15) is 0 Å². The Bertz CT molecular complexity index is 933. The van der Waals surface area contributed by atoms with Crippen molar-refractivity contribution in [2.24, 2.45) is 0 Å². The van der Waals surface area contributed by atoms with E-state index in [9.17, 15) is 19.2 Å². The van der Waals surface area contributed by atoms with E-state index in [1.54, 1.807) is 19.1 Å². The number of amides is 1. The van der Waals surface area contributed by atoms with E-state index in [1.807, 2.05) is 12.1 Å². The fourth-order valence-corrected chi connectivity index (χ4v) is 2.89. The van der Waals surface area contributed by atoms with Gasteiger partial charge in [-0.05, 0) is 31.0 Å². The molecule has 0 spiro atoms. The molecule has 0 unspecified atom stereocenters. The van der Waals surface area contributed by atoms with Crippen molar-refractivity contribution in [3.8, 4) is 0 Å². The Balaban J connectivity index is 2.09. The highest BCUT2D eigenvalue weighted by molar-refractivity contribution is 9.10. The number of aromatic amines is 2. The summed E-state index contributed by atoms with van der Waals surface area (Å²) in [5, 5.41) is 2.80. The summed E-state index contributed by atoms with van der Waals surface area (Å²) in [5.74, 6) is -0.770. The third-order valence-electron chi connectivity index (χ3n) is 4.06. The van der Waals surface area contributed by atoms with Crippen LogP contribution in [0.4, 0.5) is 0 Å². The van der Waals surface area contributed by atoms with Gasteiger partial charge in [0.15, 0.2) is 0 Å². The number of rotatable bonds is 7. The summed E-state index contributed by atoms with van der Waals surface area (Å²) in [6.45, 7) is 1.60. The molecule has 0 radical (unpaired) electrons. The van der Waals surface area contributed by atoms with Gasteiger partial charge in [-0.25, -0.2) is 4.79 Å². The molecule has 9 heteroatoms. The molecule has 27 heavy (non-hydrogen) atoms. The Morgan fingerprint density at radius 1 is 1.19 bits per heavy atom. The molecule has 0 fully saturated rings. The topological polar surface area (TPSA) is 121 Å². The van der Waals surface area contributed by atoms with Crippen LogP contribution in [0.5, 0.6) is 0 Å². The second kappa shape index (κ2) is 9.31. The van der Waals surface area contributed by atoms with Crippen molar-refractivity contribution in [1.29, 1.82) is 0 Å². The van der Waals surface area contributed by atoms with Crippen LogP contribution >= 0.6 is 15.9 Å². The van der Waals surface area contributed by atoms with E-state index in [2.05, 4.69) is 31.2 Å². The van der Waals surface area contributed by atoms with E-state index in [0.717, 1.165) is 10.0 Å². The summed E-state index contributed by atoms with van der Waals surface area (Å²) < 4.78 is 5.58. The molecule has 0 aliphatic carbocycles. The van der Waals surface area contributed by atoms with Gasteiger partial charge in [-0.1, -0.05) is 28.1 Å². The molecule has 1 amide bonds. The maximum absolute atomic E-state index is 12.4. The Kier molecular flexibility index (Phi) is 7.12. The lowest BCUT2D eigenvalue weighted by molar-refractivity contribution is -0.141. The molecule has 1 heterocycles. The van der Waals surface area contributed by atoms with Crippen LogP contribution in [0.2, 0.25) is 0 Å². The largest absolute Gasteiger partial charge is 0.469 e. The fourth-order valence-electron chi connectivity index (χ4n) is 2.63. The predicted octanol–water partition coefficient (Wildman–Crippen LogP) is 1.49. The average molecular weight is 438 g/mol. The Labute approximate surface area is 163 Å². The molecule has 1 aromatic carbocycles. The van der Waals surface area contributed by atoms with Crippen LogP contribution < -0.4 is 16.6 Å². The summed E-state index contributed by atoms with van der Waals surface area (Å²) in [6.07, 6.45) is 0.182. The van der Waals surface area contributed by atoms with Gasteiger partial charge in [0.1, 0.15) is 0 Å². The molecule has 1 atom stereocenters. The van der Waals surface area contributed by atoms with Crippen LogP contribution in [-0.2, 0) is 20.7 Å². The van der Waals surface area contributed by atoms with E-state index in [1.165, 1.54) is 7.11 Å². The van der Waals surface area contributed by atoms with Crippen molar-refractivity contribution < 1.29 is 14.3 Å². The van der Waals surface area contributed by atoms with E-state index in [4.69, 9.17) is 4.74 Å². The maximum Gasteiger partial charge on any atom is 0.325 e. The minimum absolute atomic E-state index is 0.0118. The smallest absolute Gasteiger partial charge is 0.325 e. The molecular formula is C18H20BrN3O5. The van der Waals surface area contributed by atoms with Crippen molar-refractivity contribution in [3.05, 3.63) is 66.4 Å². The lowest BCUT2D eigenvalue weighted by Gasteiger charge is -2.18. The molecule has 0 aliphatic rings. The minimum atomic E-state index is -0.584. The normalized spacial score (nSPS) is 11.7. The number of hydrogen-bond acceptors (Lipinski definition) is 5. The van der Waals surface area contributed by atoms with Crippen LogP contribution in [0.15, 0.2) is 38.3 Å². The van der Waals surface area contributed by atoms with E-state index in [-0.39, 0.29) is 25.2 Å². The first kappa shape index (κ1) is 20.6. The van der Waals surface area contributed by atoms with Gasteiger partial charge in [0.25, 0.3) is 5.56 Å². The summed E-state index contributed by atoms with van der Waals surface area (Å²) in [7, 11) is 1.29. The molecule has 3 N–H and O–H groups in total. The molecule has 0 bridgehead atoms. The van der Waals surface area contributed by atoms with Gasteiger partial charge in [0, 0.05) is 22.2 Å². The highest BCUT2D eigenvalue weighted by Crippen LogP contribution is 2.20. The highest BCUT2D eigenvalue weighted by Gasteiger charge is 2.19. The van der Waals surface area contributed by atoms with E-state index in [0.29, 0.717) is 11.3 Å². The first-order chi connectivity index (χ1) is 12.8. The Morgan fingerprint density at radius 2 is 1.85 bits per heavy atom. The number of hydrogen-bond donors (Lipinski definition) is 3. The van der Waals surface area contributed by atoms with Crippen LogP contribution in [-0.4, -0.2) is 29.0 Å². The van der Waals surface area contributed by atoms with Crippen LogP contribution in [0.1, 0.15) is 35.7 Å². The molecule has 2 rings (SSSR count). The van der Waals surface area contributed by atoms with Gasteiger partial charge >= 0.3 is 11.7 Å². The summed E-state index contributed by atoms with van der Waals surface area (Å²) in [5.41, 5.74) is 0.436. The zero-order valence-electron chi connectivity index (χ0n) is 14.9. The Morgan fingerprint density at radius 3 is 2.44 bits per heavy atom. The van der Waals surface area contributed by atoms with Crippen molar-refractivity contribution in [2.75, 3.05) is 7.11 Å². The van der Waals surface area contributed by atoms with Crippen molar-refractivity contribution >= 4 is 27.8 Å². The fraction of sp³-hybridized carbons (Fsp3) is 0.333. The average Bonchev–Trinajstić information content (AvgIpc) is 2.60. The maximum atomic E-state index is 12.4. The summed E-state index contributed by atoms with van der Waals surface area (Å²) >= 11 is 3.34. The molecular weight excluding hydrogens is 418 g/mol. The standard InChI is InChI=1S/C18H20BrN3O5/c1-10-13(17(25)22-18(26)20-10)7-8-15(23)21-14(9-16(24)27-2)11-3-5-12(19)6-4-11/h3-6,14H,7-9H2,1-2H3,(H,21,23)(H2,20,22,25,26)/t14-/m0/s1. The highest BCUT2D eigenvalue weighted by atomic mass is 79.9. The number of nitrogens with one attached hydrogen (secondary N) is 3. The molecule has 0 saturated heterocycles. The molecule has 0 aliphatic heterocycles. The Hall–Kier alpha value is -2.68. The molecule has 144 valence electrons. The number of carbonyl (C=O) groups excluding carboxylic acids is 2. The zero-order valence-corrected chi connectivity index (χ0v) is 16.5. The quantitative estimate of drug-likeness (QED) is 0.566. The van der Waals surface area contributed by atoms with Gasteiger partial charge in [-0.15, -0.1) is 0 Å². The number of halogens is 1.